The van der Waals surface area contributed by atoms with Crippen molar-refractivity contribution in [1.82, 2.24) is 20.0 Å². The minimum Gasteiger partial charge on any atom is -0.480 e. The van der Waals surface area contributed by atoms with Gasteiger partial charge in [0.05, 0.1) is 0 Å². The summed E-state index contributed by atoms with van der Waals surface area (Å²) in [7, 11) is 0. The standard InChI is InChI=1S/C16H18N4O5/c21-13(9-24-10-14(22)23)20-6-3-11(4-7-20)16-18-15(19-25-16)12-2-1-5-17-8-12/h1-2,5,8,11H,3-4,6-7,9-10H2,(H,22,23). The third-order valence-corrected chi connectivity index (χ3v) is 4.01. The molecule has 3 heterocycles. The molecule has 2 aromatic heterocycles. The summed E-state index contributed by atoms with van der Waals surface area (Å²) in [6.45, 7) is 0.402. The van der Waals surface area contributed by atoms with E-state index < -0.39 is 12.6 Å². The fraction of sp³-hybridized carbons (Fsp3) is 0.438. The van der Waals surface area contributed by atoms with Crippen molar-refractivity contribution in [2.45, 2.75) is 18.8 Å². The lowest BCUT2D eigenvalue weighted by atomic mass is 9.97. The van der Waals surface area contributed by atoms with Gasteiger partial charge in [-0.1, -0.05) is 5.16 Å². The molecule has 1 aliphatic rings. The van der Waals surface area contributed by atoms with Gasteiger partial charge in [0.1, 0.15) is 13.2 Å². The predicted octanol–water partition coefficient (Wildman–Crippen LogP) is 0.939. The Morgan fingerprint density at radius 2 is 2.12 bits per heavy atom. The van der Waals surface area contributed by atoms with Gasteiger partial charge in [-0.2, -0.15) is 4.98 Å². The third kappa shape index (κ3) is 4.38. The van der Waals surface area contributed by atoms with E-state index in [1.807, 2.05) is 12.1 Å². The van der Waals surface area contributed by atoms with Gasteiger partial charge in [0.25, 0.3) is 0 Å². The smallest absolute Gasteiger partial charge is 0.329 e. The van der Waals surface area contributed by atoms with E-state index in [1.54, 1.807) is 17.3 Å². The van der Waals surface area contributed by atoms with Gasteiger partial charge in [-0.3, -0.25) is 9.78 Å². The van der Waals surface area contributed by atoms with Crippen LogP contribution in [0.3, 0.4) is 0 Å². The number of nitrogens with zero attached hydrogens (tertiary/aromatic N) is 4. The summed E-state index contributed by atoms with van der Waals surface area (Å²) in [6.07, 6.45) is 4.77. The molecular formula is C16H18N4O5. The van der Waals surface area contributed by atoms with Crippen LogP contribution in [0.5, 0.6) is 0 Å². The Hall–Kier alpha value is -2.81. The quantitative estimate of drug-likeness (QED) is 0.821. The summed E-state index contributed by atoms with van der Waals surface area (Å²) in [5.41, 5.74) is 0.792. The van der Waals surface area contributed by atoms with Gasteiger partial charge < -0.3 is 19.3 Å². The zero-order valence-corrected chi connectivity index (χ0v) is 13.5. The minimum absolute atomic E-state index is 0.0990. The third-order valence-electron chi connectivity index (χ3n) is 4.01. The number of hydrogen-bond acceptors (Lipinski definition) is 7. The topological polar surface area (TPSA) is 119 Å². The molecule has 1 saturated heterocycles. The van der Waals surface area contributed by atoms with Crippen LogP contribution in [-0.4, -0.2) is 63.3 Å². The molecule has 0 spiro atoms. The Balaban J connectivity index is 1.52. The fourth-order valence-electron chi connectivity index (χ4n) is 2.71. The molecule has 0 unspecified atom stereocenters. The number of rotatable bonds is 6. The van der Waals surface area contributed by atoms with Crippen LogP contribution in [0.1, 0.15) is 24.7 Å². The van der Waals surface area contributed by atoms with E-state index in [-0.39, 0.29) is 18.4 Å². The highest BCUT2D eigenvalue weighted by Gasteiger charge is 2.27. The van der Waals surface area contributed by atoms with Crippen LogP contribution >= 0.6 is 0 Å². The van der Waals surface area contributed by atoms with E-state index in [1.165, 1.54) is 0 Å². The second-order valence-electron chi connectivity index (χ2n) is 5.74. The van der Waals surface area contributed by atoms with Crippen LogP contribution in [-0.2, 0) is 14.3 Å². The molecule has 0 aromatic carbocycles. The lowest BCUT2D eigenvalue weighted by Gasteiger charge is -2.30. The number of carbonyl (C=O) groups is 2. The molecule has 9 heteroatoms. The number of amides is 1. The van der Waals surface area contributed by atoms with Crippen molar-refractivity contribution in [3.63, 3.8) is 0 Å². The van der Waals surface area contributed by atoms with Crippen LogP contribution < -0.4 is 0 Å². The maximum absolute atomic E-state index is 12.0. The Labute approximate surface area is 143 Å². The van der Waals surface area contributed by atoms with Gasteiger partial charge in [0, 0.05) is 37.0 Å². The molecule has 1 N–H and O–H groups in total. The number of carbonyl (C=O) groups excluding carboxylic acids is 1. The highest BCUT2D eigenvalue weighted by atomic mass is 16.5. The number of aromatic nitrogens is 3. The van der Waals surface area contributed by atoms with Crippen molar-refractivity contribution in [2.24, 2.45) is 0 Å². The molecule has 0 bridgehead atoms. The van der Waals surface area contributed by atoms with Gasteiger partial charge in [0.2, 0.25) is 17.6 Å². The van der Waals surface area contributed by atoms with Crippen molar-refractivity contribution in [3.8, 4) is 11.4 Å². The van der Waals surface area contributed by atoms with Crippen molar-refractivity contribution >= 4 is 11.9 Å². The van der Waals surface area contributed by atoms with Crippen LogP contribution in [0.4, 0.5) is 0 Å². The molecule has 3 rings (SSSR count). The van der Waals surface area contributed by atoms with Crippen LogP contribution in [0.15, 0.2) is 29.0 Å². The van der Waals surface area contributed by atoms with Crippen LogP contribution in [0, 0.1) is 0 Å². The summed E-state index contributed by atoms with van der Waals surface area (Å²) >= 11 is 0. The van der Waals surface area contributed by atoms with Crippen molar-refractivity contribution in [2.75, 3.05) is 26.3 Å². The average Bonchev–Trinajstić information content (AvgIpc) is 3.12. The second-order valence-corrected chi connectivity index (χ2v) is 5.74. The second kappa shape index (κ2) is 7.84. The summed E-state index contributed by atoms with van der Waals surface area (Å²) in [5, 5.41) is 12.5. The van der Waals surface area contributed by atoms with E-state index in [0.717, 1.165) is 5.56 Å². The van der Waals surface area contributed by atoms with Crippen LogP contribution in [0.25, 0.3) is 11.4 Å². The summed E-state index contributed by atoms with van der Waals surface area (Å²) in [6, 6.07) is 3.67. The molecular weight excluding hydrogens is 328 g/mol. The number of hydrogen-bond donors (Lipinski definition) is 1. The highest BCUT2D eigenvalue weighted by Crippen LogP contribution is 2.28. The van der Waals surface area contributed by atoms with E-state index in [0.29, 0.717) is 37.6 Å². The first-order valence-electron chi connectivity index (χ1n) is 7.95. The predicted molar refractivity (Wildman–Crippen MR) is 84.5 cm³/mol. The molecule has 0 aliphatic carbocycles. The Bertz CT molecular complexity index is 725. The largest absolute Gasteiger partial charge is 0.480 e. The summed E-state index contributed by atoms with van der Waals surface area (Å²) in [5.74, 6) is -0.132. The van der Waals surface area contributed by atoms with Gasteiger partial charge in [-0.15, -0.1) is 0 Å². The first kappa shape index (κ1) is 17.0. The van der Waals surface area contributed by atoms with Crippen LogP contribution in [0.2, 0.25) is 0 Å². The van der Waals surface area contributed by atoms with E-state index in [4.69, 9.17) is 14.4 Å². The number of ether oxygens (including phenoxy) is 1. The zero-order chi connectivity index (χ0) is 17.6. The van der Waals surface area contributed by atoms with Gasteiger partial charge in [-0.05, 0) is 25.0 Å². The molecule has 1 amide bonds. The van der Waals surface area contributed by atoms with Gasteiger partial charge in [-0.25, -0.2) is 4.79 Å². The van der Waals surface area contributed by atoms with E-state index in [2.05, 4.69) is 15.1 Å². The average molecular weight is 346 g/mol. The number of pyridine rings is 1. The Kier molecular flexibility index (Phi) is 5.34. The number of carboxylic acids is 1. The minimum atomic E-state index is -1.09. The number of aliphatic carboxylic acids is 1. The van der Waals surface area contributed by atoms with Crippen molar-refractivity contribution < 1.29 is 24.0 Å². The van der Waals surface area contributed by atoms with Gasteiger partial charge in [0.15, 0.2) is 0 Å². The summed E-state index contributed by atoms with van der Waals surface area (Å²) < 4.78 is 10.2. The van der Waals surface area contributed by atoms with E-state index >= 15 is 0 Å². The highest BCUT2D eigenvalue weighted by molar-refractivity contribution is 5.78. The zero-order valence-electron chi connectivity index (χ0n) is 13.5. The maximum atomic E-state index is 12.0. The molecule has 1 aliphatic heterocycles. The normalized spacial score (nSPS) is 15.3. The summed E-state index contributed by atoms with van der Waals surface area (Å²) in [4.78, 5) is 32.5. The Morgan fingerprint density at radius 1 is 1.32 bits per heavy atom. The molecule has 1 fully saturated rings. The molecule has 132 valence electrons. The molecule has 0 saturated carbocycles. The number of carboxylic acid groups (broad SMARTS) is 1. The maximum Gasteiger partial charge on any atom is 0.329 e. The lowest BCUT2D eigenvalue weighted by Crippen LogP contribution is -2.40. The molecule has 0 radical (unpaired) electrons. The first-order chi connectivity index (χ1) is 12.1. The molecule has 2 aromatic rings. The Morgan fingerprint density at radius 3 is 2.80 bits per heavy atom. The fourth-order valence-corrected chi connectivity index (χ4v) is 2.71. The van der Waals surface area contributed by atoms with Crippen molar-refractivity contribution in [3.05, 3.63) is 30.4 Å². The molecule has 9 nitrogen and oxygen atoms in total. The lowest BCUT2D eigenvalue weighted by molar-refractivity contribution is -0.146. The SMILES string of the molecule is O=C(O)COCC(=O)N1CCC(c2nc(-c3cccnc3)no2)CC1. The monoisotopic (exact) mass is 346 g/mol. The van der Waals surface area contributed by atoms with Crippen molar-refractivity contribution in [1.29, 1.82) is 0 Å². The van der Waals surface area contributed by atoms with Gasteiger partial charge >= 0.3 is 5.97 Å². The first-order valence-corrected chi connectivity index (χ1v) is 7.95. The number of likely N-dealkylation sites (tertiary alicyclic amines) is 1. The molecule has 0 atom stereocenters. The van der Waals surface area contributed by atoms with E-state index in [9.17, 15) is 9.59 Å². The number of piperidine rings is 1. The molecule has 25 heavy (non-hydrogen) atoms.